The van der Waals surface area contributed by atoms with E-state index in [0.29, 0.717) is 6.54 Å². The molecule has 1 fully saturated rings. The van der Waals surface area contributed by atoms with Crippen molar-refractivity contribution in [3.8, 4) is 0 Å². The third-order valence-electron chi connectivity index (χ3n) is 8.18. The van der Waals surface area contributed by atoms with Gasteiger partial charge in [0.1, 0.15) is 0 Å². The maximum atomic E-state index is 14.5. The van der Waals surface area contributed by atoms with Crippen LogP contribution in [0, 0.1) is 9.49 Å². The highest BCUT2D eigenvalue weighted by Crippen LogP contribution is 2.60. The highest BCUT2D eigenvalue weighted by Gasteiger charge is 2.66. The normalized spacial score (nSPS) is 24.0. The molecule has 2 amide bonds. The molecule has 210 valence electrons. The minimum atomic E-state index is -2.92. The second-order valence-corrected chi connectivity index (χ2v) is 16.4. The monoisotopic (exact) mass is 670 g/mol. The lowest BCUT2D eigenvalue weighted by Crippen LogP contribution is -2.45. The van der Waals surface area contributed by atoms with E-state index in [2.05, 4.69) is 22.6 Å². The van der Waals surface area contributed by atoms with Gasteiger partial charge >= 0.3 is 0 Å². The Morgan fingerprint density at radius 2 is 1.73 bits per heavy atom. The number of rotatable bonds is 8. The van der Waals surface area contributed by atoms with Crippen LogP contribution in [0.3, 0.4) is 0 Å². The minimum Gasteiger partial charge on any atom is -0.432 e. The number of para-hydroxylation sites is 1. The van der Waals surface area contributed by atoms with Crippen molar-refractivity contribution in [2.45, 2.75) is 50.2 Å². The summed E-state index contributed by atoms with van der Waals surface area (Å²) in [6, 6.07) is 25.1. The fraction of sp³-hybridized carbons (Fsp3) is 0.355. The maximum Gasteiger partial charge on any atom is 0.268 e. The average molecular weight is 671 g/mol. The number of carbonyl (C=O) groups is 2. The Labute approximate surface area is 250 Å². The van der Waals surface area contributed by atoms with Gasteiger partial charge in [0.25, 0.3) is 5.91 Å². The smallest absolute Gasteiger partial charge is 0.268 e. The van der Waals surface area contributed by atoms with Crippen LogP contribution in [0.4, 0.5) is 11.4 Å². The quantitative estimate of drug-likeness (QED) is 0.255. The van der Waals surface area contributed by atoms with Gasteiger partial charge in [-0.15, -0.1) is 0 Å². The van der Waals surface area contributed by atoms with Gasteiger partial charge in [0.2, 0.25) is 5.91 Å². The van der Waals surface area contributed by atoms with Crippen molar-refractivity contribution >= 4 is 54.1 Å². The van der Waals surface area contributed by atoms with Gasteiger partial charge in [0.15, 0.2) is 13.9 Å². The van der Waals surface area contributed by atoms with Crippen LogP contribution in [-0.4, -0.2) is 54.2 Å². The second-order valence-electron chi connectivity index (χ2n) is 11.2. The van der Waals surface area contributed by atoms with Crippen molar-refractivity contribution in [3.05, 3.63) is 93.6 Å². The van der Waals surface area contributed by atoms with E-state index in [1.807, 2.05) is 98.9 Å². The predicted molar refractivity (Wildman–Crippen MR) is 165 cm³/mol. The molecule has 0 radical (unpaired) electrons. The Bertz CT molecular complexity index is 1380. The Kier molecular flexibility index (Phi) is 8.22. The summed E-state index contributed by atoms with van der Waals surface area (Å²) in [5.41, 5.74) is 1.55. The van der Waals surface area contributed by atoms with Crippen molar-refractivity contribution in [2.75, 3.05) is 18.1 Å². The summed E-state index contributed by atoms with van der Waals surface area (Å²) in [4.78, 5) is 43.1. The number of aliphatic hydroxyl groups excluding tert-OH is 1. The standard InChI is InChI=1S/C31H35IN2O5Si/c1-21-29(40(2,3)38)27(19-28(36)33(16-17-35)20-22-10-6-4-7-11-22)39-31(21)25-18-23(32)14-15-26(25)34(30(31)37)24-12-8-5-9-13-24/h4-15,18,21,27,29,35,38H,16-17,19-20H2,1-3H3/t21-,27+,29-,31+/m1/s1. The first-order chi connectivity index (χ1) is 19.1. The van der Waals surface area contributed by atoms with E-state index >= 15 is 0 Å². The van der Waals surface area contributed by atoms with Crippen molar-refractivity contribution in [2.24, 2.45) is 5.92 Å². The van der Waals surface area contributed by atoms with Crippen LogP contribution in [0.25, 0.3) is 0 Å². The second kappa shape index (κ2) is 11.4. The number of aliphatic hydroxyl groups is 1. The molecule has 0 aliphatic carbocycles. The highest BCUT2D eigenvalue weighted by molar-refractivity contribution is 14.1. The van der Waals surface area contributed by atoms with Crippen LogP contribution in [0.2, 0.25) is 18.6 Å². The Hall–Kier alpha value is -2.57. The zero-order valence-corrected chi connectivity index (χ0v) is 26.1. The molecular formula is C31H35IN2O5Si. The van der Waals surface area contributed by atoms with Gasteiger partial charge in [-0.2, -0.15) is 0 Å². The molecule has 9 heteroatoms. The molecule has 2 N–H and O–H groups in total. The zero-order valence-electron chi connectivity index (χ0n) is 23.0. The number of amides is 2. The number of nitrogens with zero attached hydrogens (tertiary/aromatic N) is 2. The van der Waals surface area contributed by atoms with E-state index in [4.69, 9.17) is 4.74 Å². The minimum absolute atomic E-state index is 0.0124. The molecule has 0 bridgehead atoms. The molecule has 3 aromatic rings. The number of anilines is 2. The van der Waals surface area contributed by atoms with Crippen LogP contribution in [-0.2, 0) is 26.5 Å². The fourth-order valence-corrected chi connectivity index (χ4v) is 9.57. The van der Waals surface area contributed by atoms with Gasteiger partial charge < -0.3 is 19.5 Å². The Morgan fingerprint density at radius 3 is 2.35 bits per heavy atom. The third-order valence-corrected chi connectivity index (χ3v) is 11.4. The number of hydrogen-bond acceptors (Lipinski definition) is 5. The van der Waals surface area contributed by atoms with Crippen LogP contribution in [0.1, 0.15) is 24.5 Å². The first-order valence-corrected chi connectivity index (χ1v) is 17.7. The van der Waals surface area contributed by atoms with Gasteiger partial charge in [0, 0.05) is 39.4 Å². The number of carbonyl (C=O) groups excluding carboxylic acids is 2. The molecule has 1 saturated heterocycles. The summed E-state index contributed by atoms with van der Waals surface area (Å²) in [5.74, 6) is -0.739. The SMILES string of the molecule is C[C@@H]1[C@@H]([Si](C)(C)O)[C@H](CC(=O)N(CCO)Cc2ccccc2)O[C@@]12C(=O)N(c1ccccc1)c1ccc(I)cc12. The maximum absolute atomic E-state index is 14.5. The fourth-order valence-electron chi connectivity index (χ4n) is 6.53. The summed E-state index contributed by atoms with van der Waals surface area (Å²) < 4.78 is 7.80. The van der Waals surface area contributed by atoms with Gasteiger partial charge in [-0.05, 0) is 71.6 Å². The largest absolute Gasteiger partial charge is 0.432 e. The summed E-state index contributed by atoms with van der Waals surface area (Å²) in [6.45, 7) is 6.07. The molecule has 7 nitrogen and oxygen atoms in total. The summed E-state index contributed by atoms with van der Waals surface area (Å²) in [5, 5.41) is 9.71. The third kappa shape index (κ3) is 5.13. The van der Waals surface area contributed by atoms with E-state index in [1.54, 1.807) is 9.80 Å². The number of ether oxygens (including phenoxy) is 1. The lowest BCUT2D eigenvalue weighted by molar-refractivity contribution is -0.149. The molecule has 1 spiro atoms. The molecular weight excluding hydrogens is 635 g/mol. The lowest BCUT2D eigenvalue weighted by atomic mass is 9.82. The summed E-state index contributed by atoms with van der Waals surface area (Å²) in [6.07, 6.45) is -0.644. The molecule has 0 aromatic heterocycles. The highest BCUT2D eigenvalue weighted by atomic mass is 127. The molecule has 5 rings (SSSR count). The van der Waals surface area contributed by atoms with Crippen LogP contribution < -0.4 is 4.90 Å². The molecule has 2 heterocycles. The van der Waals surface area contributed by atoms with E-state index in [9.17, 15) is 19.5 Å². The Morgan fingerprint density at radius 1 is 1.07 bits per heavy atom. The zero-order chi connectivity index (χ0) is 28.7. The number of hydrogen-bond donors (Lipinski definition) is 2. The predicted octanol–water partition coefficient (Wildman–Crippen LogP) is 5.18. The lowest BCUT2D eigenvalue weighted by Gasteiger charge is -2.32. The van der Waals surface area contributed by atoms with Crippen molar-refractivity contribution < 1.29 is 24.2 Å². The summed E-state index contributed by atoms with van der Waals surface area (Å²) >= 11 is 2.24. The molecule has 0 unspecified atom stereocenters. The van der Waals surface area contributed by atoms with E-state index in [1.165, 1.54) is 0 Å². The molecule has 4 atom stereocenters. The van der Waals surface area contributed by atoms with Crippen molar-refractivity contribution in [1.29, 1.82) is 0 Å². The number of fused-ring (bicyclic) bond motifs is 2. The van der Waals surface area contributed by atoms with Gasteiger partial charge in [-0.1, -0.05) is 55.5 Å². The van der Waals surface area contributed by atoms with E-state index < -0.39 is 20.0 Å². The topological polar surface area (TPSA) is 90.3 Å². The number of halogens is 1. The van der Waals surface area contributed by atoms with Crippen molar-refractivity contribution in [1.82, 2.24) is 4.90 Å². The molecule has 3 aromatic carbocycles. The molecule has 40 heavy (non-hydrogen) atoms. The van der Waals surface area contributed by atoms with Crippen molar-refractivity contribution in [3.63, 3.8) is 0 Å². The number of benzene rings is 3. The first kappa shape index (κ1) is 28.9. The van der Waals surface area contributed by atoms with E-state index in [0.717, 1.165) is 26.1 Å². The van der Waals surface area contributed by atoms with Gasteiger partial charge in [-0.25, -0.2) is 0 Å². The van der Waals surface area contributed by atoms with Gasteiger partial charge in [0.05, 0.1) is 24.8 Å². The molecule has 2 aliphatic rings. The van der Waals surface area contributed by atoms with Crippen LogP contribution in [0.15, 0.2) is 78.9 Å². The average Bonchev–Trinajstić information content (AvgIpc) is 3.35. The van der Waals surface area contributed by atoms with E-state index in [-0.39, 0.29) is 42.8 Å². The van der Waals surface area contributed by atoms with Gasteiger partial charge in [-0.3, -0.25) is 14.5 Å². The Balaban J connectivity index is 1.53. The first-order valence-electron chi connectivity index (χ1n) is 13.6. The molecule has 2 aliphatic heterocycles. The van der Waals surface area contributed by atoms with Crippen LogP contribution in [0.5, 0.6) is 0 Å². The van der Waals surface area contributed by atoms with Crippen LogP contribution >= 0.6 is 22.6 Å². The summed E-state index contributed by atoms with van der Waals surface area (Å²) in [7, 11) is -2.92. The molecule has 0 saturated carbocycles.